The minimum Gasteiger partial charge on any atom is -0.366 e. The first-order valence-electron chi connectivity index (χ1n) is 8.69. The number of rotatable bonds is 5. The van der Waals surface area contributed by atoms with Crippen LogP contribution in [0.2, 0.25) is 0 Å². The number of aromatic nitrogens is 2. The van der Waals surface area contributed by atoms with Crippen LogP contribution in [0.25, 0.3) is 0 Å². The van der Waals surface area contributed by atoms with Crippen LogP contribution < -0.4 is 21.8 Å². The summed E-state index contributed by atoms with van der Waals surface area (Å²) >= 11 is 0. The number of nitrogens with zero attached hydrogens (tertiary/aromatic N) is 4. The highest BCUT2D eigenvalue weighted by Gasteiger charge is 2.17. The summed E-state index contributed by atoms with van der Waals surface area (Å²) in [6.07, 6.45) is 2.64. The molecule has 3 aromatic rings. The smallest absolute Gasteiger partial charge is 0.248 e. The number of hydrogen-bond acceptors (Lipinski definition) is 6. The lowest BCUT2D eigenvalue weighted by atomic mass is 10.1. The third-order valence-corrected chi connectivity index (χ3v) is 4.41. The van der Waals surface area contributed by atoms with Crippen molar-refractivity contribution in [3.63, 3.8) is 0 Å². The van der Waals surface area contributed by atoms with Gasteiger partial charge in [0.25, 0.3) is 0 Å². The number of nitrogens with two attached hydrogens (primary N) is 1. The molecule has 7 nitrogen and oxygen atoms in total. The summed E-state index contributed by atoms with van der Waals surface area (Å²) in [6.45, 7) is 1.91. The van der Waals surface area contributed by atoms with Crippen molar-refractivity contribution in [1.82, 2.24) is 9.97 Å². The summed E-state index contributed by atoms with van der Waals surface area (Å²) in [5.41, 5.74) is 7.05. The molecule has 0 aliphatic carbocycles. The van der Waals surface area contributed by atoms with Crippen molar-refractivity contribution in [3.05, 3.63) is 88.2 Å². The molecule has 0 saturated heterocycles. The molecule has 0 radical (unpaired) electrons. The minimum absolute atomic E-state index is 0.159. The number of amides is 1. The Labute approximate surface area is 159 Å². The predicted octanol–water partition coefficient (Wildman–Crippen LogP) is 1.84. The Kier molecular flexibility index (Phi) is 4.52. The molecule has 1 amide bonds. The van der Waals surface area contributed by atoms with Crippen molar-refractivity contribution in [2.45, 2.75) is 19.1 Å². The molecule has 1 aliphatic rings. The molecule has 1 aromatic heterocycles. The van der Waals surface area contributed by atoms with Gasteiger partial charge < -0.3 is 11.1 Å². The number of hydrogen-bond donors (Lipinski definition) is 2. The van der Waals surface area contributed by atoms with Crippen LogP contribution in [0, 0.1) is 5.82 Å². The zero-order valence-corrected chi connectivity index (χ0v) is 15.0. The highest BCUT2D eigenvalue weighted by atomic mass is 19.1. The van der Waals surface area contributed by atoms with Crippen LogP contribution in [0.1, 0.15) is 40.7 Å². The average molecular weight is 376 g/mol. The third kappa shape index (κ3) is 3.57. The number of fused-ring (bicyclic) bond motifs is 1. The number of nitrogens with one attached hydrogen (secondary N) is 1. The lowest BCUT2D eigenvalue weighted by Gasteiger charge is -2.15. The first kappa shape index (κ1) is 17.7. The number of halogens is 1. The molecular formula is C20H17FN6O. The van der Waals surface area contributed by atoms with E-state index in [9.17, 15) is 9.18 Å². The maximum Gasteiger partial charge on any atom is 0.248 e. The van der Waals surface area contributed by atoms with Gasteiger partial charge in [0.2, 0.25) is 5.91 Å². The Morgan fingerprint density at radius 3 is 2.75 bits per heavy atom. The average Bonchev–Trinajstić information content (AvgIpc) is 3.11. The normalized spacial score (nSPS) is 15.9. The topological polar surface area (TPSA) is 106 Å². The van der Waals surface area contributed by atoms with E-state index in [1.807, 2.05) is 13.0 Å². The van der Waals surface area contributed by atoms with Crippen LogP contribution in [0.15, 0.2) is 64.8 Å². The van der Waals surface area contributed by atoms with E-state index in [1.54, 1.807) is 36.7 Å². The van der Waals surface area contributed by atoms with E-state index in [2.05, 4.69) is 25.3 Å². The molecular weight excluding hydrogens is 359 g/mol. The summed E-state index contributed by atoms with van der Waals surface area (Å²) in [5.74, 6) is -0.269. The van der Waals surface area contributed by atoms with Gasteiger partial charge in [0.05, 0.1) is 29.1 Å². The number of carbonyl (C=O) groups is 1. The van der Waals surface area contributed by atoms with E-state index in [4.69, 9.17) is 5.73 Å². The summed E-state index contributed by atoms with van der Waals surface area (Å²) in [6, 6.07) is 11.2. The Hall–Kier alpha value is -3.68. The molecule has 4 rings (SSSR count). The summed E-state index contributed by atoms with van der Waals surface area (Å²) in [4.78, 5) is 29.1. The van der Waals surface area contributed by atoms with Gasteiger partial charge in [0.1, 0.15) is 17.3 Å². The Bertz CT molecular complexity index is 1180. The SMILES string of the molecule is CC(Nc1cncc(C2N=c3ccc(C(N)=O)cc3=N2)n1)c1cccc(F)c1. The second-order valence-corrected chi connectivity index (χ2v) is 6.45. The van der Waals surface area contributed by atoms with Gasteiger partial charge in [0.15, 0.2) is 6.17 Å². The van der Waals surface area contributed by atoms with Gasteiger partial charge in [-0.1, -0.05) is 12.1 Å². The van der Waals surface area contributed by atoms with Crippen LogP contribution >= 0.6 is 0 Å². The number of carbonyl (C=O) groups excluding carboxylic acids is 1. The second kappa shape index (κ2) is 7.15. The lowest BCUT2D eigenvalue weighted by Crippen LogP contribution is -2.24. The van der Waals surface area contributed by atoms with Crippen LogP contribution in [-0.2, 0) is 0 Å². The Morgan fingerprint density at radius 1 is 1.14 bits per heavy atom. The number of primary amides is 1. The van der Waals surface area contributed by atoms with E-state index < -0.39 is 12.1 Å². The fourth-order valence-electron chi connectivity index (χ4n) is 2.97. The molecule has 2 atom stereocenters. The maximum atomic E-state index is 13.4. The molecule has 0 fully saturated rings. The van der Waals surface area contributed by atoms with E-state index >= 15 is 0 Å². The first-order valence-corrected chi connectivity index (χ1v) is 8.69. The highest BCUT2D eigenvalue weighted by Crippen LogP contribution is 2.21. The molecule has 0 spiro atoms. The molecule has 28 heavy (non-hydrogen) atoms. The van der Waals surface area contributed by atoms with Crippen LogP contribution in [0.3, 0.4) is 0 Å². The van der Waals surface area contributed by atoms with E-state index in [1.165, 1.54) is 12.1 Å². The predicted molar refractivity (Wildman–Crippen MR) is 100 cm³/mol. The summed E-state index contributed by atoms with van der Waals surface area (Å²) in [7, 11) is 0. The molecule has 2 unspecified atom stereocenters. The zero-order chi connectivity index (χ0) is 19.7. The fourth-order valence-corrected chi connectivity index (χ4v) is 2.97. The van der Waals surface area contributed by atoms with Gasteiger partial charge in [0, 0.05) is 5.56 Å². The van der Waals surface area contributed by atoms with Crippen LogP contribution in [0.5, 0.6) is 0 Å². The van der Waals surface area contributed by atoms with Crippen molar-refractivity contribution < 1.29 is 9.18 Å². The van der Waals surface area contributed by atoms with E-state index in [0.717, 1.165) is 5.56 Å². The molecule has 1 aliphatic heterocycles. The molecule has 3 N–H and O–H groups in total. The zero-order valence-electron chi connectivity index (χ0n) is 15.0. The molecule has 2 aromatic carbocycles. The summed E-state index contributed by atoms with van der Waals surface area (Å²) < 4.78 is 13.4. The maximum absolute atomic E-state index is 13.4. The van der Waals surface area contributed by atoms with Crippen molar-refractivity contribution in [1.29, 1.82) is 0 Å². The Balaban J connectivity index is 1.58. The van der Waals surface area contributed by atoms with Crippen LogP contribution in [0.4, 0.5) is 10.2 Å². The quantitative estimate of drug-likeness (QED) is 0.709. The monoisotopic (exact) mass is 376 g/mol. The molecule has 8 heteroatoms. The van der Waals surface area contributed by atoms with Gasteiger partial charge >= 0.3 is 0 Å². The van der Waals surface area contributed by atoms with Crippen molar-refractivity contribution in [2.75, 3.05) is 5.32 Å². The lowest BCUT2D eigenvalue weighted by molar-refractivity contribution is 0.1000. The van der Waals surface area contributed by atoms with E-state index in [0.29, 0.717) is 27.8 Å². The van der Waals surface area contributed by atoms with Gasteiger partial charge in [-0.05, 0) is 42.8 Å². The van der Waals surface area contributed by atoms with Crippen LogP contribution in [-0.4, -0.2) is 15.9 Å². The molecule has 0 saturated carbocycles. The highest BCUT2D eigenvalue weighted by molar-refractivity contribution is 5.92. The molecule has 140 valence electrons. The largest absolute Gasteiger partial charge is 0.366 e. The fraction of sp³-hybridized carbons (Fsp3) is 0.150. The van der Waals surface area contributed by atoms with Crippen molar-refractivity contribution in [2.24, 2.45) is 15.7 Å². The summed E-state index contributed by atoms with van der Waals surface area (Å²) in [5, 5.41) is 4.47. The Morgan fingerprint density at radius 2 is 1.96 bits per heavy atom. The second-order valence-electron chi connectivity index (χ2n) is 6.45. The van der Waals surface area contributed by atoms with Gasteiger partial charge in [-0.25, -0.2) is 19.4 Å². The minimum atomic E-state index is -0.545. The molecule has 2 heterocycles. The van der Waals surface area contributed by atoms with Crippen molar-refractivity contribution in [3.8, 4) is 0 Å². The van der Waals surface area contributed by atoms with Gasteiger partial charge in [-0.15, -0.1) is 0 Å². The standard InChI is InChI=1S/C20H17FN6O/c1-11(12-3-2-4-14(21)7-12)24-18-10-23-9-17(25-18)20-26-15-6-5-13(19(22)28)8-16(15)27-20/h2-11,20H,1H3,(H2,22,28)(H,24,25). The van der Waals surface area contributed by atoms with Crippen molar-refractivity contribution >= 4 is 11.7 Å². The molecule has 0 bridgehead atoms. The third-order valence-electron chi connectivity index (χ3n) is 4.41. The number of benzene rings is 2. The first-order chi connectivity index (χ1) is 13.5. The van der Waals surface area contributed by atoms with Gasteiger partial charge in [-0.2, -0.15) is 0 Å². The number of anilines is 1. The van der Waals surface area contributed by atoms with E-state index in [-0.39, 0.29) is 11.9 Å². The van der Waals surface area contributed by atoms with Gasteiger partial charge in [-0.3, -0.25) is 9.78 Å².